The van der Waals surface area contributed by atoms with Crippen molar-refractivity contribution in [3.8, 4) is 5.75 Å². The summed E-state index contributed by atoms with van der Waals surface area (Å²) in [5, 5.41) is 9.09. The number of anilines is 1. The minimum absolute atomic E-state index is 0.198. The molecule has 0 saturated carbocycles. The molecule has 0 saturated heterocycles. The number of nitrogens with one attached hydrogen (secondary N) is 1. The van der Waals surface area contributed by atoms with Crippen molar-refractivity contribution in [2.75, 3.05) is 11.8 Å². The van der Waals surface area contributed by atoms with Crippen LogP contribution in [0, 0.1) is 5.82 Å². The van der Waals surface area contributed by atoms with Gasteiger partial charge in [0.2, 0.25) is 0 Å². The van der Waals surface area contributed by atoms with E-state index in [1.807, 2.05) is 0 Å². The Morgan fingerprint density at radius 2 is 2.05 bits per heavy atom. The van der Waals surface area contributed by atoms with Crippen LogP contribution in [0.3, 0.4) is 0 Å². The molecule has 0 radical (unpaired) electrons. The van der Waals surface area contributed by atoms with Gasteiger partial charge in [0.25, 0.3) is 10.0 Å². The van der Waals surface area contributed by atoms with Gasteiger partial charge in [-0.15, -0.1) is 0 Å². The third-order valence-electron chi connectivity index (χ3n) is 2.69. The van der Waals surface area contributed by atoms with E-state index in [9.17, 15) is 17.6 Å². The number of pyridine rings is 1. The number of carboxylic acid groups (broad SMARTS) is 1. The molecule has 0 bridgehead atoms. The van der Waals surface area contributed by atoms with Gasteiger partial charge >= 0.3 is 5.97 Å². The highest BCUT2D eigenvalue weighted by Crippen LogP contribution is 2.25. The Balaban J connectivity index is 2.47. The van der Waals surface area contributed by atoms with Crippen molar-refractivity contribution in [3.05, 3.63) is 48.0 Å². The highest BCUT2D eigenvalue weighted by molar-refractivity contribution is 7.92. The largest absolute Gasteiger partial charge is 0.497 e. The molecule has 0 aliphatic rings. The van der Waals surface area contributed by atoms with Gasteiger partial charge in [0.15, 0.2) is 0 Å². The molecule has 0 atom stereocenters. The minimum Gasteiger partial charge on any atom is -0.497 e. The smallest absolute Gasteiger partial charge is 0.337 e. The molecule has 1 heterocycles. The fourth-order valence-corrected chi connectivity index (χ4v) is 2.71. The second kappa shape index (κ2) is 5.98. The molecule has 0 amide bonds. The van der Waals surface area contributed by atoms with Crippen LogP contribution < -0.4 is 9.46 Å². The first-order valence-electron chi connectivity index (χ1n) is 5.88. The molecule has 7 nitrogen and oxygen atoms in total. The molecule has 2 N–H and O–H groups in total. The Morgan fingerprint density at radius 3 is 2.64 bits per heavy atom. The van der Waals surface area contributed by atoms with Crippen molar-refractivity contribution in [3.63, 3.8) is 0 Å². The van der Waals surface area contributed by atoms with Gasteiger partial charge in [-0.1, -0.05) is 0 Å². The number of hydrogen-bond acceptors (Lipinski definition) is 5. The summed E-state index contributed by atoms with van der Waals surface area (Å²) in [7, 11) is -2.84. The zero-order valence-electron chi connectivity index (χ0n) is 11.3. The molecular formula is C13H11FN2O5S. The van der Waals surface area contributed by atoms with Gasteiger partial charge in [-0.2, -0.15) is 0 Å². The van der Waals surface area contributed by atoms with Crippen LogP contribution in [0.15, 0.2) is 41.6 Å². The number of halogens is 1. The molecule has 0 spiro atoms. The molecule has 1 aromatic carbocycles. The van der Waals surface area contributed by atoms with Crippen molar-refractivity contribution in [1.82, 2.24) is 4.98 Å². The van der Waals surface area contributed by atoms with E-state index in [0.717, 1.165) is 18.5 Å². The van der Waals surface area contributed by atoms with Gasteiger partial charge in [0, 0.05) is 12.3 Å². The Kier molecular flexibility index (Phi) is 4.27. The quantitative estimate of drug-likeness (QED) is 0.867. The van der Waals surface area contributed by atoms with Gasteiger partial charge in [-0.05, 0) is 18.2 Å². The average Bonchev–Trinajstić information content (AvgIpc) is 2.46. The summed E-state index contributed by atoms with van der Waals surface area (Å²) >= 11 is 0. The highest BCUT2D eigenvalue weighted by atomic mass is 32.2. The summed E-state index contributed by atoms with van der Waals surface area (Å²) in [6.07, 6.45) is 1.80. The first-order chi connectivity index (χ1) is 10.3. The van der Waals surface area contributed by atoms with Crippen molar-refractivity contribution in [2.45, 2.75) is 4.90 Å². The first kappa shape index (κ1) is 15.7. The SMILES string of the molecule is COc1ccc(C(=O)O)c(NS(=O)(=O)c2cncc(F)c2)c1. The molecule has 0 unspecified atom stereocenters. The van der Waals surface area contributed by atoms with E-state index in [1.54, 1.807) is 0 Å². The maximum absolute atomic E-state index is 13.1. The van der Waals surface area contributed by atoms with Crippen LogP contribution in [0.2, 0.25) is 0 Å². The summed E-state index contributed by atoms with van der Waals surface area (Å²) in [5.74, 6) is -1.88. The molecule has 22 heavy (non-hydrogen) atoms. The predicted octanol–water partition coefficient (Wildman–Crippen LogP) is 1.73. The number of benzene rings is 1. The van der Waals surface area contributed by atoms with Gasteiger partial charge in [-0.25, -0.2) is 17.6 Å². The lowest BCUT2D eigenvalue weighted by Gasteiger charge is -2.11. The first-order valence-corrected chi connectivity index (χ1v) is 7.36. The second-order valence-corrected chi connectivity index (χ2v) is 5.84. The van der Waals surface area contributed by atoms with Crippen LogP contribution in [0.4, 0.5) is 10.1 Å². The topological polar surface area (TPSA) is 106 Å². The zero-order valence-corrected chi connectivity index (χ0v) is 12.1. The summed E-state index contributed by atoms with van der Waals surface area (Å²) in [5.41, 5.74) is -0.468. The number of nitrogens with zero attached hydrogens (tertiary/aromatic N) is 1. The van der Waals surface area contributed by atoms with Gasteiger partial charge in [0.1, 0.15) is 16.5 Å². The zero-order chi connectivity index (χ0) is 16.3. The number of rotatable bonds is 5. The molecule has 116 valence electrons. The van der Waals surface area contributed by atoms with Crippen LogP contribution in [-0.4, -0.2) is 31.6 Å². The molecule has 9 heteroatoms. The molecule has 1 aromatic heterocycles. The lowest BCUT2D eigenvalue weighted by molar-refractivity contribution is 0.0698. The normalized spacial score (nSPS) is 11.0. The highest BCUT2D eigenvalue weighted by Gasteiger charge is 2.20. The molecule has 2 rings (SSSR count). The fraction of sp³-hybridized carbons (Fsp3) is 0.0769. The van der Waals surface area contributed by atoms with E-state index < -0.39 is 26.7 Å². The lowest BCUT2D eigenvalue weighted by atomic mass is 10.2. The van der Waals surface area contributed by atoms with Crippen molar-refractivity contribution < 1.29 is 27.4 Å². The Morgan fingerprint density at radius 1 is 1.32 bits per heavy atom. The second-order valence-electron chi connectivity index (χ2n) is 4.16. The Hall–Kier alpha value is -2.68. The number of sulfonamides is 1. The summed E-state index contributed by atoms with van der Waals surface area (Å²) < 4.78 is 44.5. The summed E-state index contributed by atoms with van der Waals surface area (Å²) in [6, 6.07) is 4.57. The lowest BCUT2D eigenvalue weighted by Crippen LogP contribution is -2.16. The third-order valence-corrected chi connectivity index (χ3v) is 4.02. The number of aromatic carboxylic acids is 1. The fourth-order valence-electron chi connectivity index (χ4n) is 1.66. The number of aromatic nitrogens is 1. The Bertz CT molecular complexity index is 823. The number of carbonyl (C=O) groups is 1. The average molecular weight is 326 g/mol. The standard InChI is InChI=1S/C13H11FN2O5S/c1-21-9-2-3-11(13(17)18)12(5-9)16-22(19,20)10-4-8(14)6-15-7-10/h2-7,16H,1H3,(H,17,18). The number of ether oxygens (including phenoxy) is 1. The van der Waals surface area contributed by atoms with Gasteiger partial charge in [-0.3, -0.25) is 9.71 Å². The minimum atomic E-state index is -4.19. The molecule has 0 fully saturated rings. The van der Waals surface area contributed by atoms with E-state index in [2.05, 4.69) is 9.71 Å². The van der Waals surface area contributed by atoms with Crippen LogP contribution in [0.25, 0.3) is 0 Å². The van der Waals surface area contributed by atoms with E-state index >= 15 is 0 Å². The molecule has 0 aliphatic heterocycles. The molecule has 2 aromatic rings. The van der Waals surface area contributed by atoms with Crippen molar-refractivity contribution >= 4 is 21.7 Å². The van der Waals surface area contributed by atoms with Crippen molar-refractivity contribution in [1.29, 1.82) is 0 Å². The maximum atomic E-state index is 13.1. The van der Waals surface area contributed by atoms with E-state index in [4.69, 9.17) is 9.84 Å². The van der Waals surface area contributed by atoms with Crippen LogP contribution in [-0.2, 0) is 10.0 Å². The van der Waals surface area contributed by atoms with Gasteiger partial charge < -0.3 is 9.84 Å². The monoisotopic (exact) mass is 326 g/mol. The third kappa shape index (κ3) is 3.31. The summed E-state index contributed by atoms with van der Waals surface area (Å²) in [6.45, 7) is 0. The van der Waals surface area contributed by atoms with Crippen LogP contribution in [0.1, 0.15) is 10.4 Å². The van der Waals surface area contributed by atoms with Crippen LogP contribution >= 0.6 is 0 Å². The number of hydrogen-bond donors (Lipinski definition) is 2. The van der Waals surface area contributed by atoms with Crippen LogP contribution in [0.5, 0.6) is 5.75 Å². The summed E-state index contributed by atoms with van der Waals surface area (Å²) in [4.78, 5) is 14.2. The van der Waals surface area contributed by atoms with E-state index in [1.165, 1.54) is 25.3 Å². The number of methoxy groups -OCH3 is 1. The molecule has 0 aliphatic carbocycles. The number of carboxylic acids is 1. The predicted molar refractivity (Wildman–Crippen MR) is 75.0 cm³/mol. The van der Waals surface area contributed by atoms with E-state index in [0.29, 0.717) is 0 Å². The van der Waals surface area contributed by atoms with Gasteiger partial charge in [0.05, 0.1) is 24.6 Å². The van der Waals surface area contributed by atoms with Crippen molar-refractivity contribution in [2.24, 2.45) is 0 Å². The molecular weight excluding hydrogens is 315 g/mol. The Labute approximate surface area is 125 Å². The van der Waals surface area contributed by atoms with E-state index in [-0.39, 0.29) is 17.0 Å². The maximum Gasteiger partial charge on any atom is 0.337 e.